The second-order valence-electron chi connectivity index (χ2n) is 9.36. The van der Waals surface area contributed by atoms with Gasteiger partial charge in [0, 0.05) is 39.3 Å². The molecule has 0 amide bonds. The largest absolute Gasteiger partial charge is 0.440 e. The summed E-state index contributed by atoms with van der Waals surface area (Å²) in [5, 5.41) is 1.17. The third kappa shape index (κ3) is 2.58. The molecule has 3 heterocycles. The predicted octanol–water partition coefficient (Wildman–Crippen LogP) is 6.52. The predicted molar refractivity (Wildman–Crippen MR) is 150 cm³/mol. The van der Waals surface area contributed by atoms with Crippen molar-refractivity contribution in [3.05, 3.63) is 127 Å². The van der Waals surface area contributed by atoms with Crippen LogP contribution < -0.4 is 26.2 Å². The van der Waals surface area contributed by atoms with Gasteiger partial charge in [0.2, 0.25) is 5.88 Å². The fourth-order valence-corrected chi connectivity index (χ4v) is 6.04. The van der Waals surface area contributed by atoms with E-state index in [1.165, 1.54) is 33.1 Å². The summed E-state index contributed by atoms with van der Waals surface area (Å²) in [5.74, 6) is 0.903. The third-order valence-corrected chi connectivity index (χ3v) is 7.45. The first-order chi connectivity index (χ1) is 17.9. The number of hydrogen-bond donors (Lipinski definition) is 0. The zero-order valence-corrected chi connectivity index (χ0v) is 19.5. The van der Waals surface area contributed by atoms with Crippen LogP contribution in [0.3, 0.4) is 0 Å². The zero-order valence-electron chi connectivity index (χ0n) is 19.5. The van der Waals surface area contributed by atoms with E-state index in [1.54, 1.807) is 0 Å². The number of furan rings is 1. The smallest absolute Gasteiger partial charge is 0.257 e. The average molecular weight is 460 g/mol. The molecule has 4 heteroatoms. The van der Waals surface area contributed by atoms with Gasteiger partial charge in [0.1, 0.15) is 5.58 Å². The molecule has 168 valence electrons. The van der Waals surface area contributed by atoms with Crippen LogP contribution in [-0.4, -0.2) is 6.71 Å². The molecule has 0 bridgehead atoms. The highest BCUT2D eigenvalue weighted by Gasteiger charge is 2.45. The Bertz CT molecular complexity index is 1760. The first kappa shape index (κ1) is 19.6. The van der Waals surface area contributed by atoms with Gasteiger partial charge in [0.15, 0.2) is 0 Å². The van der Waals surface area contributed by atoms with Crippen LogP contribution in [0.1, 0.15) is 0 Å². The maximum Gasteiger partial charge on any atom is 0.257 e. The Labute approximate surface area is 209 Å². The van der Waals surface area contributed by atoms with E-state index >= 15 is 0 Å². The summed E-state index contributed by atoms with van der Waals surface area (Å²) in [6.45, 7) is 0.0750. The number of fused-ring (bicyclic) bond motifs is 6. The van der Waals surface area contributed by atoms with Gasteiger partial charge in [0.25, 0.3) is 6.71 Å². The maximum atomic E-state index is 6.65. The van der Waals surface area contributed by atoms with Gasteiger partial charge in [-0.2, -0.15) is 0 Å². The molecule has 3 nitrogen and oxygen atoms in total. The molecule has 0 atom stereocenters. The van der Waals surface area contributed by atoms with Gasteiger partial charge in [-0.15, -0.1) is 0 Å². The number of hydrogen-bond acceptors (Lipinski definition) is 3. The summed E-state index contributed by atoms with van der Waals surface area (Å²) in [6, 6.07) is 45.1. The minimum atomic E-state index is 0.0750. The molecule has 0 spiro atoms. The zero-order chi connectivity index (χ0) is 23.6. The van der Waals surface area contributed by atoms with Gasteiger partial charge in [0.05, 0.1) is 0 Å². The summed E-state index contributed by atoms with van der Waals surface area (Å²) in [6.07, 6.45) is 0. The van der Waals surface area contributed by atoms with Crippen molar-refractivity contribution >= 4 is 68.4 Å². The van der Waals surface area contributed by atoms with Crippen LogP contribution in [-0.2, 0) is 0 Å². The van der Waals surface area contributed by atoms with Crippen molar-refractivity contribution in [3.63, 3.8) is 0 Å². The molecule has 2 aliphatic heterocycles. The molecule has 0 saturated carbocycles. The molecule has 6 aromatic rings. The van der Waals surface area contributed by atoms with Crippen LogP contribution in [0.15, 0.2) is 132 Å². The van der Waals surface area contributed by atoms with Crippen molar-refractivity contribution in [1.82, 2.24) is 0 Å². The van der Waals surface area contributed by atoms with E-state index in [4.69, 9.17) is 4.42 Å². The molecule has 5 aromatic carbocycles. The Balaban J connectivity index is 1.52. The molecule has 0 fully saturated rings. The van der Waals surface area contributed by atoms with Crippen molar-refractivity contribution in [2.45, 2.75) is 0 Å². The molecule has 8 rings (SSSR count). The quantitative estimate of drug-likeness (QED) is 0.274. The number of para-hydroxylation sites is 4. The van der Waals surface area contributed by atoms with Gasteiger partial charge in [-0.3, -0.25) is 4.90 Å². The normalized spacial score (nSPS) is 13.4. The van der Waals surface area contributed by atoms with E-state index in [-0.39, 0.29) is 6.71 Å². The maximum absolute atomic E-state index is 6.65. The van der Waals surface area contributed by atoms with Gasteiger partial charge in [-0.1, -0.05) is 78.9 Å². The van der Waals surface area contributed by atoms with Crippen LogP contribution in [0, 0.1) is 0 Å². The van der Waals surface area contributed by atoms with Crippen LogP contribution in [0.2, 0.25) is 0 Å². The number of benzene rings is 5. The molecule has 0 radical (unpaired) electrons. The number of nitrogens with zero attached hydrogens (tertiary/aromatic N) is 2. The Morgan fingerprint density at radius 3 is 1.83 bits per heavy atom. The van der Waals surface area contributed by atoms with Crippen molar-refractivity contribution < 1.29 is 4.42 Å². The summed E-state index contributed by atoms with van der Waals surface area (Å²) in [4.78, 5) is 4.70. The summed E-state index contributed by atoms with van der Waals surface area (Å²) in [5.41, 5.74) is 10.6. The molecule has 2 aliphatic rings. The molecule has 0 N–H and O–H groups in total. The highest BCUT2D eigenvalue weighted by Crippen LogP contribution is 2.45. The van der Waals surface area contributed by atoms with Gasteiger partial charge in [-0.25, -0.2) is 0 Å². The SMILES string of the molecule is c1ccc(N2c3ccccc3B3c4c2cccc4N(c2ccccc2)c2oc4ccccc4c23)cc1. The monoisotopic (exact) mass is 460 g/mol. The fraction of sp³-hybridized carbons (Fsp3) is 0. The average Bonchev–Trinajstić information content (AvgIpc) is 3.33. The van der Waals surface area contributed by atoms with E-state index in [0.29, 0.717) is 0 Å². The standard InChI is InChI=1S/C32H21BN2O/c1-3-12-22(13-4-1)34-26-18-9-8-17-25(26)33-30-24-16-7-10-21-29(24)36-32(30)35(23-14-5-2-6-15-23)28-20-11-19-27(34)31(28)33/h1-21H. The molecule has 0 unspecified atom stereocenters. The second kappa shape index (κ2) is 7.40. The number of anilines is 6. The van der Waals surface area contributed by atoms with E-state index in [1.807, 2.05) is 0 Å². The van der Waals surface area contributed by atoms with Crippen molar-refractivity contribution in [2.75, 3.05) is 9.80 Å². The minimum absolute atomic E-state index is 0.0750. The first-order valence-electron chi connectivity index (χ1n) is 12.3. The molecule has 36 heavy (non-hydrogen) atoms. The lowest BCUT2D eigenvalue weighted by Gasteiger charge is -2.42. The van der Waals surface area contributed by atoms with Crippen LogP contribution in [0.5, 0.6) is 0 Å². The molecule has 0 aliphatic carbocycles. The summed E-state index contributed by atoms with van der Waals surface area (Å²) in [7, 11) is 0. The minimum Gasteiger partial charge on any atom is -0.440 e. The Kier molecular flexibility index (Phi) is 4.03. The van der Waals surface area contributed by atoms with E-state index in [2.05, 4.69) is 137 Å². The topological polar surface area (TPSA) is 19.6 Å². The van der Waals surface area contributed by atoms with Crippen molar-refractivity contribution in [1.29, 1.82) is 0 Å². The summed E-state index contributed by atoms with van der Waals surface area (Å²) >= 11 is 0. The highest BCUT2D eigenvalue weighted by molar-refractivity contribution is 7.01. The van der Waals surface area contributed by atoms with Gasteiger partial charge < -0.3 is 9.32 Å². The Hall–Kier alpha value is -4.70. The molecule has 0 saturated heterocycles. The summed E-state index contributed by atoms with van der Waals surface area (Å²) < 4.78 is 6.65. The van der Waals surface area contributed by atoms with Crippen LogP contribution in [0.25, 0.3) is 11.0 Å². The molecular weight excluding hydrogens is 439 g/mol. The van der Waals surface area contributed by atoms with Crippen molar-refractivity contribution in [3.8, 4) is 0 Å². The molecular formula is C32H21BN2O. The number of rotatable bonds is 2. The lowest BCUT2D eigenvalue weighted by molar-refractivity contribution is 0.623. The lowest BCUT2D eigenvalue weighted by atomic mass is 9.33. The van der Waals surface area contributed by atoms with Crippen LogP contribution in [0.4, 0.5) is 34.3 Å². The second-order valence-corrected chi connectivity index (χ2v) is 9.36. The molecule has 1 aromatic heterocycles. The van der Waals surface area contributed by atoms with E-state index < -0.39 is 0 Å². The van der Waals surface area contributed by atoms with Crippen LogP contribution >= 0.6 is 0 Å². The fourth-order valence-electron chi connectivity index (χ4n) is 6.04. The highest BCUT2D eigenvalue weighted by atomic mass is 16.4. The Morgan fingerprint density at radius 1 is 0.472 bits per heavy atom. The van der Waals surface area contributed by atoms with Gasteiger partial charge in [-0.05, 0) is 59.5 Å². The Morgan fingerprint density at radius 2 is 1.06 bits per heavy atom. The van der Waals surface area contributed by atoms with E-state index in [0.717, 1.165) is 28.5 Å². The lowest BCUT2D eigenvalue weighted by Crippen LogP contribution is -2.61. The third-order valence-electron chi connectivity index (χ3n) is 7.45. The van der Waals surface area contributed by atoms with Gasteiger partial charge >= 0.3 is 0 Å². The van der Waals surface area contributed by atoms with Crippen molar-refractivity contribution in [2.24, 2.45) is 0 Å². The van der Waals surface area contributed by atoms with E-state index in [9.17, 15) is 0 Å². The first-order valence-corrected chi connectivity index (χ1v) is 12.3.